The lowest BCUT2D eigenvalue weighted by Crippen LogP contribution is -2.17. The van der Waals surface area contributed by atoms with Crippen molar-refractivity contribution in [1.82, 2.24) is 0 Å². The fraction of sp³-hybridized carbons (Fsp3) is 0.300. The molecule has 0 heterocycles. The molecule has 0 aromatic heterocycles. The van der Waals surface area contributed by atoms with Crippen LogP contribution in [-0.4, -0.2) is 23.1 Å². The SMILES string of the molecule is CC(C)Oc1ccc(C(=O)O)cc1NC(=O)C1CC1c1ccc(F)cc1F. The molecule has 142 valence electrons. The van der Waals surface area contributed by atoms with Gasteiger partial charge in [-0.1, -0.05) is 6.07 Å². The molecule has 1 amide bonds. The highest BCUT2D eigenvalue weighted by atomic mass is 19.1. The zero-order chi connectivity index (χ0) is 19.7. The quantitative estimate of drug-likeness (QED) is 0.794. The molecule has 1 aliphatic rings. The number of benzene rings is 2. The number of anilines is 1. The van der Waals surface area contributed by atoms with Crippen LogP contribution in [0.1, 0.15) is 42.1 Å². The van der Waals surface area contributed by atoms with E-state index >= 15 is 0 Å². The standard InChI is InChI=1S/C20H19F2NO4/c1-10(2)27-18-6-3-11(20(25)26)7-17(18)23-19(24)15-9-14(15)13-5-4-12(21)8-16(13)22/h3-8,10,14-15H,9H2,1-2H3,(H,23,24)(H,25,26). The Morgan fingerprint density at radius 3 is 2.56 bits per heavy atom. The number of aromatic carboxylic acids is 1. The minimum absolute atomic E-state index is 0.0123. The lowest BCUT2D eigenvalue weighted by molar-refractivity contribution is -0.117. The average Bonchev–Trinajstić information content (AvgIpc) is 3.36. The lowest BCUT2D eigenvalue weighted by atomic mass is 10.1. The van der Waals surface area contributed by atoms with Crippen LogP contribution >= 0.6 is 0 Å². The Bertz CT molecular complexity index is 898. The summed E-state index contributed by atoms with van der Waals surface area (Å²) in [6.07, 6.45) is 0.270. The molecule has 27 heavy (non-hydrogen) atoms. The highest BCUT2D eigenvalue weighted by molar-refractivity contribution is 5.98. The van der Waals surface area contributed by atoms with Gasteiger partial charge in [-0.3, -0.25) is 4.79 Å². The molecule has 0 bridgehead atoms. The van der Waals surface area contributed by atoms with Crippen molar-refractivity contribution in [2.45, 2.75) is 32.3 Å². The van der Waals surface area contributed by atoms with E-state index in [1.807, 2.05) is 13.8 Å². The Balaban J connectivity index is 1.77. The summed E-state index contributed by atoms with van der Waals surface area (Å²) in [5.74, 6) is -3.27. The summed E-state index contributed by atoms with van der Waals surface area (Å²) < 4.78 is 32.6. The van der Waals surface area contributed by atoms with Crippen molar-refractivity contribution in [3.8, 4) is 5.75 Å². The molecule has 1 fully saturated rings. The predicted octanol–water partition coefficient (Wildman–Crippen LogP) is 4.19. The molecule has 7 heteroatoms. The summed E-state index contributed by atoms with van der Waals surface area (Å²) in [6, 6.07) is 7.52. The van der Waals surface area contributed by atoms with Gasteiger partial charge < -0.3 is 15.2 Å². The molecule has 0 radical (unpaired) electrons. The van der Waals surface area contributed by atoms with Gasteiger partial charge >= 0.3 is 5.97 Å². The molecular weight excluding hydrogens is 356 g/mol. The van der Waals surface area contributed by atoms with Crippen LogP contribution in [0.3, 0.4) is 0 Å². The maximum atomic E-state index is 13.9. The molecule has 1 saturated carbocycles. The number of halogens is 2. The molecule has 0 saturated heterocycles. The first kappa shape index (κ1) is 18.8. The van der Waals surface area contributed by atoms with Crippen molar-refractivity contribution in [2.24, 2.45) is 5.92 Å². The van der Waals surface area contributed by atoms with E-state index in [0.717, 1.165) is 12.1 Å². The summed E-state index contributed by atoms with van der Waals surface area (Å²) in [5.41, 5.74) is 0.562. The van der Waals surface area contributed by atoms with Gasteiger partial charge in [0.15, 0.2) is 0 Å². The van der Waals surface area contributed by atoms with Gasteiger partial charge in [0, 0.05) is 12.0 Å². The van der Waals surface area contributed by atoms with Crippen LogP contribution in [0.4, 0.5) is 14.5 Å². The number of carboxylic acids is 1. The molecule has 2 unspecified atom stereocenters. The van der Waals surface area contributed by atoms with Gasteiger partial charge in [-0.15, -0.1) is 0 Å². The number of rotatable bonds is 6. The van der Waals surface area contributed by atoms with Gasteiger partial charge in [0.1, 0.15) is 17.4 Å². The molecule has 2 aromatic rings. The van der Waals surface area contributed by atoms with E-state index in [1.54, 1.807) is 0 Å². The van der Waals surface area contributed by atoms with Crippen molar-refractivity contribution in [3.63, 3.8) is 0 Å². The Morgan fingerprint density at radius 1 is 1.19 bits per heavy atom. The number of hydrogen-bond donors (Lipinski definition) is 2. The zero-order valence-corrected chi connectivity index (χ0v) is 14.8. The number of hydrogen-bond acceptors (Lipinski definition) is 3. The molecule has 2 N–H and O–H groups in total. The molecule has 2 aromatic carbocycles. The summed E-state index contributed by atoms with van der Waals surface area (Å²) in [5, 5.41) is 11.8. The van der Waals surface area contributed by atoms with Crippen LogP contribution < -0.4 is 10.1 Å². The number of amides is 1. The summed E-state index contributed by atoms with van der Waals surface area (Å²) in [4.78, 5) is 23.7. The monoisotopic (exact) mass is 375 g/mol. The van der Waals surface area contributed by atoms with Crippen molar-refractivity contribution in [3.05, 3.63) is 59.2 Å². The maximum Gasteiger partial charge on any atom is 0.335 e. The Labute approximate surface area is 155 Å². The van der Waals surface area contributed by atoms with Crippen LogP contribution in [0.2, 0.25) is 0 Å². The summed E-state index contributed by atoms with van der Waals surface area (Å²) in [7, 11) is 0. The number of nitrogens with one attached hydrogen (secondary N) is 1. The zero-order valence-electron chi connectivity index (χ0n) is 14.8. The third kappa shape index (κ3) is 4.24. The number of ether oxygens (including phenoxy) is 1. The van der Waals surface area contributed by atoms with Crippen LogP contribution in [-0.2, 0) is 4.79 Å². The van der Waals surface area contributed by atoms with Crippen molar-refractivity contribution < 1.29 is 28.2 Å². The Hall–Kier alpha value is -2.96. The molecule has 2 atom stereocenters. The van der Waals surface area contributed by atoms with E-state index in [2.05, 4.69) is 5.32 Å². The Kier molecular flexibility index (Phi) is 5.12. The summed E-state index contributed by atoms with van der Waals surface area (Å²) in [6.45, 7) is 3.62. The van der Waals surface area contributed by atoms with Crippen molar-refractivity contribution >= 4 is 17.6 Å². The van der Waals surface area contributed by atoms with Crippen LogP contribution in [0, 0.1) is 17.6 Å². The fourth-order valence-electron chi connectivity index (χ4n) is 2.97. The first-order valence-corrected chi connectivity index (χ1v) is 8.56. The predicted molar refractivity (Wildman–Crippen MR) is 95.0 cm³/mol. The third-order valence-electron chi connectivity index (χ3n) is 4.34. The highest BCUT2D eigenvalue weighted by Gasteiger charge is 2.45. The van der Waals surface area contributed by atoms with E-state index in [4.69, 9.17) is 9.84 Å². The molecule has 5 nitrogen and oxygen atoms in total. The van der Waals surface area contributed by atoms with E-state index in [-0.39, 0.29) is 29.2 Å². The van der Waals surface area contributed by atoms with Crippen LogP contribution in [0.25, 0.3) is 0 Å². The lowest BCUT2D eigenvalue weighted by Gasteiger charge is -2.15. The van der Waals surface area contributed by atoms with Gasteiger partial charge in [-0.2, -0.15) is 0 Å². The molecule has 3 rings (SSSR count). The number of carboxylic acid groups (broad SMARTS) is 1. The second kappa shape index (κ2) is 7.34. The summed E-state index contributed by atoms with van der Waals surface area (Å²) >= 11 is 0. The molecule has 0 spiro atoms. The van der Waals surface area contributed by atoms with E-state index < -0.39 is 23.5 Å². The second-order valence-corrected chi connectivity index (χ2v) is 6.79. The first-order chi connectivity index (χ1) is 12.8. The average molecular weight is 375 g/mol. The molecule has 1 aliphatic carbocycles. The Morgan fingerprint density at radius 2 is 1.93 bits per heavy atom. The number of carbonyl (C=O) groups is 2. The van der Waals surface area contributed by atoms with E-state index in [0.29, 0.717) is 17.7 Å². The van der Waals surface area contributed by atoms with Gasteiger partial charge in [0.25, 0.3) is 0 Å². The minimum Gasteiger partial charge on any atom is -0.489 e. The number of carbonyl (C=O) groups excluding carboxylic acids is 1. The van der Waals surface area contributed by atoms with Crippen LogP contribution in [0.5, 0.6) is 5.75 Å². The van der Waals surface area contributed by atoms with E-state index in [1.165, 1.54) is 24.3 Å². The fourth-order valence-corrected chi connectivity index (χ4v) is 2.97. The normalized spacial score (nSPS) is 18.3. The van der Waals surface area contributed by atoms with Gasteiger partial charge in [-0.25, -0.2) is 13.6 Å². The van der Waals surface area contributed by atoms with Crippen molar-refractivity contribution in [2.75, 3.05) is 5.32 Å². The van der Waals surface area contributed by atoms with Gasteiger partial charge in [0.2, 0.25) is 5.91 Å². The first-order valence-electron chi connectivity index (χ1n) is 8.56. The van der Waals surface area contributed by atoms with Crippen molar-refractivity contribution in [1.29, 1.82) is 0 Å². The topological polar surface area (TPSA) is 75.6 Å². The largest absolute Gasteiger partial charge is 0.489 e. The maximum absolute atomic E-state index is 13.9. The van der Waals surface area contributed by atoms with E-state index in [9.17, 15) is 18.4 Å². The highest BCUT2D eigenvalue weighted by Crippen LogP contribution is 2.49. The molecule has 0 aliphatic heterocycles. The van der Waals surface area contributed by atoms with Gasteiger partial charge in [0.05, 0.1) is 17.4 Å². The van der Waals surface area contributed by atoms with Crippen LogP contribution in [0.15, 0.2) is 36.4 Å². The third-order valence-corrected chi connectivity index (χ3v) is 4.34. The second-order valence-electron chi connectivity index (χ2n) is 6.79. The molecular formula is C20H19F2NO4. The smallest absolute Gasteiger partial charge is 0.335 e. The minimum atomic E-state index is -1.13. The van der Waals surface area contributed by atoms with Gasteiger partial charge in [-0.05, 0) is 56.0 Å².